The predicted octanol–water partition coefficient (Wildman–Crippen LogP) is 2.21. The number of hydrogen-bond donors (Lipinski definition) is 2. The summed E-state index contributed by atoms with van der Waals surface area (Å²) in [6.07, 6.45) is 7.17. The number of rotatable bonds is 7. The van der Waals surface area contributed by atoms with Gasteiger partial charge in [-0.25, -0.2) is 0 Å². The molecule has 4 nitrogen and oxygen atoms in total. The molecular weight excluding hydrogens is 214 g/mol. The number of anilines is 1. The van der Waals surface area contributed by atoms with Crippen LogP contribution in [0.1, 0.15) is 30.1 Å². The van der Waals surface area contributed by atoms with Crippen LogP contribution in [0.4, 0.5) is 5.69 Å². The monoisotopic (exact) mass is 233 g/mol. The van der Waals surface area contributed by atoms with E-state index >= 15 is 0 Å². The minimum atomic E-state index is -0.128. The zero-order valence-corrected chi connectivity index (χ0v) is 10.2. The van der Waals surface area contributed by atoms with Gasteiger partial charge < -0.3 is 10.6 Å². The SMILES string of the molecule is C=CCNC(=O)c1cncc(NCCCC)c1. The maximum absolute atomic E-state index is 11.7. The van der Waals surface area contributed by atoms with Gasteiger partial charge in [-0.3, -0.25) is 9.78 Å². The Bertz CT molecular complexity index is 377. The molecule has 1 heterocycles. The van der Waals surface area contributed by atoms with Crippen molar-refractivity contribution in [1.29, 1.82) is 0 Å². The summed E-state index contributed by atoms with van der Waals surface area (Å²) in [6.45, 7) is 7.05. The first-order valence-electron chi connectivity index (χ1n) is 5.86. The lowest BCUT2D eigenvalue weighted by Gasteiger charge is -2.07. The van der Waals surface area contributed by atoms with Gasteiger partial charge in [0.2, 0.25) is 0 Å². The minimum Gasteiger partial charge on any atom is -0.384 e. The smallest absolute Gasteiger partial charge is 0.253 e. The molecule has 1 rings (SSSR count). The summed E-state index contributed by atoms with van der Waals surface area (Å²) in [5, 5.41) is 5.95. The Morgan fingerprint density at radius 2 is 2.35 bits per heavy atom. The van der Waals surface area contributed by atoms with Crippen LogP contribution in [-0.4, -0.2) is 24.0 Å². The molecule has 1 aromatic heterocycles. The van der Waals surface area contributed by atoms with Gasteiger partial charge in [0, 0.05) is 25.5 Å². The number of nitrogens with one attached hydrogen (secondary N) is 2. The Morgan fingerprint density at radius 3 is 3.06 bits per heavy atom. The summed E-state index contributed by atoms with van der Waals surface area (Å²) >= 11 is 0. The first-order valence-corrected chi connectivity index (χ1v) is 5.86. The maximum atomic E-state index is 11.7. The Kier molecular flexibility index (Phi) is 5.79. The van der Waals surface area contributed by atoms with Crippen molar-refractivity contribution >= 4 is 11.6 Å². The lowest BCUT2D eigenvalue weighted by Crippen LogP contribution is -2.23. The van der Waals surface area contributed by atoms with Gasteiger partial charge in [0.25, 0.3) is 5.91 Å². The number of pyridine rings is 1. The number of nitrogens with zero attached hydrogens (tertiary/aromatic N) is 1. The first kappa shape index (κ1) is 13.2. The second-order valence-electron chi connectivity index (χ2n) is 3.74. The Hall–Kier alpha value is -1.84. The lowest BCUT2D eigenvalue weighted by atomic mass is 10.2. The Morgan fingerprint density at radius 1 is 1.53 bits per heavy atom. The molecule has 0 atom stereocenters. The molecule has 2 N–H and O–H groups in total. The van der Waals surface area contributed by atoms with E-state index in [1.807, 2.05) is 0 Å². The average Bonchev–Trinajstić information content (AvgIpc) is 2.36. The molecule has 0 radical (unpaired) electrons. The average molecular weight is 233 g/mol. The van der Waals surface area contributed by atoms with Gasteiger partial charge in [-0.15, -0.1) is 6.58 Å². The molecule has 0 aliphatic carbocycles. The van der Waals surface area contributed by atoms with Crippen molar-refractivity contribution in [2.24, 2.45) is 0 Å². The Labute approximate surface area is 102 Å². The number of hydrogen-bond acceptors (Lipinski definition) is 3. The second-order valence-corrected chi connectivity index (χ2v) is 3.74. The third kappa shape index (κ3) is 4.68. The molecule has 4 heteroatoms. The number of aromatic nitrogens is 1. The molecule has 1 aromatic rings. The molecule has 0 bridgehead atoms. The van der Waals surface area contributed by atoms with Gasteiger partial charge in [0.15, 0.2) is 0 Å². The van der Waals surface area contributed by atoms with E-state index in [0.29, 0.717) is 12.1 Å². The van der Waals surface area contributed by atoms with Crippen LogP contribution in [0, 0.1) is 0 Å². The molecular formula is C13H19N3O. The van der Waals surface area contributed by atoms with Crippen LogP contribution >= 0.6 is 0 Å². The fraction of sp³-hybridized carbons (Fsp3) is 0.385. The Balaban J connectivity index is 2.58. The van der Waals surface area contributed by atoms with E-state index in [-0.39, 0.29) is 5.91 Å². The third-order valence-corrected chi connectivity index (χ3v) is 2.27. The summed E-state index contributed by atoms with van der Waals surface area (Å²) in [7, 11) is 0. The molecule has 17 heavy (non-hydrogen) atoms. The second kappa shape index (κ2) is 7.44. The van der Waals surface area contributed by atoms with E-state index in [2.05, 4.69) is 29.1 Å². The van der Waals surface area contributed by atoms with E-state index in [4.69, 9.17) is 0 Å². The summed E-state index contributed by atoms with van der Waals surface area (Å²) in [4.78, 5) is 15.7. The van der Waals surface area contributed by atoms with Crippen LogP contribution in [0.5, 0.6) is 0 Å². The third-order valence-electron chi connectivity index (χ3n) is 2.27. The first-order chi connectivity index (χ1) is 8.27. The zero-order valence-electron chi connectivity index (χ0n) is 10.2. The van der Waals surface area contributed by atoms with Crippen molar-refractivity contribution < 1.29 is 4.79 Å². The summed E-state index contributed by atoms with van der Waals surface area (Å²) in [5.41, 5.74) is 1.44. The standard InChI is InChI=1S/C13H19N3O/c1-3-5-7-15-12-8-11(9-14-10-12)13(17)16-6-4-2/h4,8-10,15H,2-3,5-7H2,1H3,(H,16,17). The molecule has 0 aliphatic rings. The number of carbonyl (C=O) groups excluding carboxylic acids is 1. The largest absolute Gasteiger partial charge is 0.384 e. The van der Waals surface area contributed by atoms with Crippen molar-refractivity contribution in [3.63, 3.8) is 0 Å². The van der Waals surface area contributed by atoms with Gasteiger partial charge in [-0.05, 0) is 12.5 Å². The highest BCUT2D eigenvalue weighted by Crippen LogP contribution is 2.08. The summed E-state index contributed by atoms with van der Waals surface area (Å²) in [5.74, 6) is -0.128. The maximum Gasteiger partial charge on any atom is 0.253 e. The molecule has 0 saturated carbocycles. The van der Waals surface area contributed by atoms with Gasteiger partial charge in [0.05, 0.1) is 11.3 Å². The molecule has 0 saturated heterocycles. The van der Waals surface area contributed by atoms with Crippen LogP contribution in [0.15, 0.2) is 31.1 Å². The number of unbranched alkanes of at least 4 members (excludes halogenated alkanes) is 1. The lowest BCUT2D eigenvalue weighted by molar-refractivity contribution is 0.0957. The van der Waals surface area contributed by atoms with Crippen LogP contribution in [0.3, 0.4) is 0 Å². The number of amides is 1. The van der Waals surface area contributed by atoms with Crippen LogP contribution in [0.2, 0.25) is 0 Å². The fourth-order valence-corrected chi connectivity index (χ4v) is 1.34. The predicted molar refractivity (Wildman–Crippen MR) is 70.2 cm³/mol. The van der Waals surface area contributed by atoms with E-state index < -0.39 is 0 Å². The quantitative estimate of drug-likeness (QED) is 0.561. The van der Waals surface area contributed by atoms with Gasteiger partial charge in [-0.2, -0.15) is 0 Å². The minimum absolute atomic E-state index is 0.128. The van der Waals surface area contributed by atoms with Gasteiger partial charge >= 0.3 is 0 Å². The van der Waals surface area contributed by atoms with Gasteiger partial charge in [-0.1, -0.05) is 19.4 Å². The molecule has 1 amide bonds. The molecule has 0 spiro atoms. The zero-order chi connectivity index (χ0) is 12.5. The molecule has 0 aromatic carbocycles. The van der Waals surface area contributed by atoms with E-state index in [9.17, 15) is 4.79 Å². The van der Waals surface area contributed by atoms with Crippen molar-refractivity contribution in [2.45, 2.75) is 19.8 Å². The number of carbonyl (C=O) groups is 1. The van der Waals surface area contributed by atoms with E-state index in [0.717, 1.165) is 25.1 Å². The fourth-order valence-electron chi connectivity index (χ4n) is 1.34. The molecule has 0 unspecified atom stereocenters. The van der Waals surface area contributed by atoms with E-state index in [1.54, 1.807) is 24.5 Å². The topological polar surface area (TPSA) is 54.0 Å². The molecule has 92 valence electrons. The van der Waals surface area contributed by atoms with Crippen molar-refractivity contribution in [3.05, 3.63) is 36.7 Å². The van der Waals surface area contributed by atoms with Crippen molar-refractivity contribution in [3.8, 4) is 0 Å². The van der Waals surface area contributed by atoms with Crippen LogP contribution in [0.25, 0.3) is 0 Å². The highest BCUT2D eigenvalue weighted by atomic mass is 16.1. The molecule has 0 aliphatic heterocycles. The van der Waals surface area contributed by atoms with Gasteiger partial charge in [0.1, 0.15) is 0 Å². The molecule has 0 fully saturated rings. The van der Waals surface area contributed by atoms with Crippen LogP contribution in [-0.2, 0) is 0 Å². The van der Waals surface area contributed by atoms with Crippen molar-refractivity contribution in [1.82, 2.24) is 10.3 Å². The summed E-state index contributed by atoms with van der Waals surface area (Å²) in [6, 6.07) is 1.81. The normalized spacial score (nSPS) is 9.71. The summed E-state index contributed by atoms with van der Waals surface area (Å²) < 4.78 is 0. The highest BCUT2D eigenvalue weighted by molar-refractivity contribution is 5.94. The van der Waals surface area contributed by atoms with Crippen LogP contribution < -0.4 is 10.6 Å². The van der Waals surface area contributed by atoms with Crippen molar-refractivity contribution in [2.75, 3.05) is 18.4 Å². The van der Waals surface area contributed by atoms with E-state index in [1.165, 1.54) is 0 Å². The highest BCUT2D eigenvalue weighted by Gasteiger charge is 2.05.